The van der Waals surface area contributed by atoms with Crippen molar-refractivity contribution >= 4 is 27.3 Å². The van der Waals surface area contributed by atoms with Gasteiger partial charge in [-0.3, -0.25) is 0 Å². The molecule has 0 amide bonds. The van der Waals surface area contributed by atoms with Crippen molar-refractivity contribution in [3.05, 3.63) is 56.2 Å². The van der Waals surface area contributed by atoms with Gasteiger partial charge in [0, 0.05) is 15.4 Å². The van der Waals surface area contributed by atoms with Crippen molar-refractivity contribution in [1.29, 1.82) is 0 Å². The van der Waals surface area contributed by atoms with Crippen molar-refractivity contribution in [2.45, 2.75) is 25.9 Å². The third-order valence-corrected chi connectivity index (χ3v) is 4.54. The lowest BCUT2D eigenvalue weighted by molar-refractivity contribution is 0.167. The molecule has 2 aromatic rings. The molecule has 3 heteroatoms. The summed E-state index contributed by atoms with van der Waals surface area (Å²) >= 11 is 5.07. The van der Waals surface area contributed by atoms with Crippen LogP contribution >= 0.6 is 27.3 Å². The van der Waals surface area contributed by atoms with Gasteiger partial charge in [-0.15, -0.1) is 0 Å². The molecule has 0 bridgehead atoms. The molecule has 90 valence electrons. The predicted molar refractivity (Wildman–Crippen MR) is 76.5 cm³/mol. The summed E-state index contributed by atoms with van der Waals surface area (Å²) in [7, 11) is 0. The van der Waals surface area contributed by atoms with Crippen LogP contribution in [0.3, 0.4) is 0 Å². The molecule has 1 nitrogen and oxygen atoms in total. The molecule has 0 aliphatic rings. The lowest BCUT2D eigenvalue weighted by Crippen LogP contribution is -1.99. The Morgan fingerprint density at radius 1 is 1.35 bits per heavy atom. The zero-order valence-electron chi connectivity index (χ0n) is 9.69. The van der Waals surface area contributed by atoms with Gasteiger partial charge < -0.3 is 5.11 Å². The van der Waals surface area contributed by atoms with E-state index in [0.717, 1.165) is 22.9 Å². The Morgan fingerprint density at radius 3 is 2.82 bits per heavy atom. The van der Waals surface area contributed by atoms with Crippen LogP contribution in [-0.4, -0.2) is 5.11 Å². The van der Waals surface area contributed by atoms with E-state index < -0.39 is 0 Å². The summed E-state index contributed by atoms with van der Waals surface area (Å²) in [5.74, 6) is 0. The normalized spacial score (nSPS) is 12.6. The van der Waals surface area contributed by atoms with Crippen LogP contribution in [0.5, 0.6) is 0 Å². The molecule has 1 aromatic carbocycles. The van der Waals surface area contributed by atoms with Gasteiger partial charge in [0.25, 0.3) is 0 Å². The molecule has 1 atom stereocenters. The van der Waals surface area contributed by atoms with E-state index in [1.807, 2.05) is 10.8 Å². The SMILES string of the molecule is Cc1cccc(CCC(O)c2cscc2Br)c1. The number of hydrogen-bond acceptors (Lipinski definition) is 2. The summed E-state index contributed by atoms with van der Waals surface area (Å²) in [6.45, 7) is 2.09. The molecule has 1 heterocycles. The Morgan fingerprint density at radius 2 is 2.18 bits per heavy atom. The summed E-state index contributed by atoms with van der Waals surface area (Å²) in [4.78, 5) is 0. The van der Waals surface area contributed by atoms with Gasteiger partial charge in [0.05, 0.1) is 6.10 Å². The Kier molecular flexibility index (Phi) is 4.37. The molecule has 0 saturated carbocycles. The van der Waals surface area contributed by atoms with E-state index in [0.29, 0.717) is 0 Å². The zero-order valence-corrected chi connectivity index (χ0v) is 12.1. The second-order valence-electron chi connectivity index (χ2n) is 4.22. The maximum absolute atomic E-state index is 10.1. The highest BCUT2D eigenvalue weighted by molar-refractivity contribution is 9.10. The first-order valence-corrected chi connectivity index (χ1v) is 7.35. The highest BCUT2D eigenvalue weighted by Gasteiger charge is 2.11. The van der Waals surface area contributed by atoms with E-state index in [-0.39, 0.29) is 6.10 Å². The third kappa shape index (κ3) is 3.41. The Hall–Kier alpha value is -0.640. The second kappa shape index (κ2) is 5.80. The van der Waals surface area contributed by atoms with E-state index in [9.17, 15) is 5.11 Å². The van der Waals surface area contributed by atoms with Crippen LogP contribution < -0.4 is 0 Å². The number of aryl methyl sites for hydroxylation is 2. The summed E-state index contributed by atoms with van der Waals surface area (Å²) in [6, 6.07) is 8.45. The lowest BCUT2D eigenvalue weighted by Gasteiger charge is -2.10. The standard InChI is InChI=1S/C14H15BrOS/c1-10-3-2-4-11(7-10)5-6-14(16)12-8-17-9-13(12)15/h2-4,7-9,14,16H,5-6H2,1H3. The number of aliphatic hydroxyl groups excluding tert-OH is 1. The van der Waals surface area contributed by atoms with Crippen LogP contribution in [0.15, 0.2) is 39.5 Å². The van der Waals surface area contributed by atoms with E-state index >= 15 is 0 Å². The van der Waals surface area contributed by atoms with Crippen molar-refractivity contribution in [2.24, 2.45) is 0 Å². The van der Waals surface area contributed by atoms with Crippen LogP contribution in [0, 0.1) is 6.92 Å². The van der Waals surface area contributed by atoms with Crippen molar-refractivity contribution < 1.29 is 5.11 Å². The van der Waals surface area contributed by atoms with Crippen molar-refractivity contribution in [1.82, 2.24) is 0 Å². The maximum atomic E-state index is 10.1. The molecule has 1 N–H and O–H groups in total. The lowest BCUT2D eigenvalue weighted by atomic mass is 10.0. The number of benzene rings is 1. The topological polar surface area (TPSA) is 20.2 Å². The Bertz CT molecular complexity index is 492. The highest BCUT2D eigenvalue weighted by Crippen LogP contribution is 2.29. The van der Waals surface area contributed by atoms with E-state index in [1.54, 1.807) is 11.3 Å². The average molecular weight is 311 g/mol. The zero-order chi connectivity index (χ0) is 12.3. The van der Waals surface area contributed by atoms with E-state index in [1.165, 1.54) is 11.1 Å². The molecule has 1 aromatic heterocycles. The molecule has 0 aliphatic heterocycles. The minimum Gasteiger partial charge on any atom is -0.388 e. The molecule has 0 fully saturated rings. The molecular formula is C14H15BrOS. The minimum atomic E-state index is -0.379. The molecule has 0 saturated heterocycles. The minimum absolute atomic E-state index is 0.379. The predicted octanol–water partition coefficient (Wildman–Crippen LogP) is 4.49. The Labute approximate surface area is 114 Å². The fourth-order valence-electron chi connectivity index (χ4n) is 1.86. The van der Waals surface area contributed by atoms with Crippen LogP contribution in [0.2, 0.25) is 0 Å². The van der Waals surface area contributed by atoms with Crippen molar-refractivity contribution in [2.75, 3.05) is 0 Å². The molecule has 2 rings (SSSR count). The smallest absolute Gasteiger partial charge is 0.0812 e. The largest absolute Gasteiger partial charge is 0.388 e. The number of thiophene rings is 1. The quantitative estimate of drug-likeness (QED) is 0.882. The molecule has 0 spiro atoms. The van der Waals surface area contributed by atoms with Gasteiger partial charge in [-0.25, -0.2) is 0 Å². The van der Waals surface area contributed by atoms with Gasteiger partial charge >= 0.3 is 0 Å². The van der Waals surface area contributed by atoms with Gasteiger partial charge in [-0.2, -0.15) is 11.3 Å². The molecule has 0 aliphatic carbocycles. The highest BCUT2D eigenvalue weighted by atomic mass is 79.9. The molecule has 0 radical (unpaired) electrons. The van der Waals surface area contributed by atoms with E-state index in [4.69, 9.17) is 0 Å². The fourth-order valence-corrected chi connectivity index (χ4v) is 3.46. The van der Waals surface area contributed by atoms with Crippen LogP contribution in [-0.2, 0) is 6.42 Å². The van der Waals surface area contributed by atoms with Crippen LogP contribution in [0.25, 0.3) is 0 Å². The van der Waals surface area contributed by atoms with Gasteiger partial charge in [-0.05, 0) is 46.6 Å². The van der Waals surface area contributed by atoms with Gasteiger partial charge in [-0.1, -0.05) is 29.8 Å². The molecule has 1 unspecified atom stereocenters. The first kappa shape index (κ1) is 12.8. The van der Waals surface area contributed by atoms with E-state index in [2.05, 4.69) is 47.1 Å². The number of aliphatic hydroxyl groups is 1. The van der Waals surface area contributed by atoms with Crippen molar-refractivity contribution in [3.8, 4) is 0 Å². The third-order valence-electron chi connectivity index (χ3n) is 2.79. The van der Waals surface area contributed by atoms with Crippen molar-refractivity contribution in [3.63, 3.8) is 0 Å². The second-order valence-corrected chi connectivity index (χ2v) is 5.82. The molecule has 17 heavy (non-hydrogen) atoms. The first-order valence-electron chi connectivity index (χ1n) is 5.62. The Balaban J connectivity index is 1.97. The maximum Gasteiger partial charge on any atom is 0.0812 e. The first-order chi connectivity index (χ1) is 8.16. The average Bonchev–Trinajstić information content (AvgIpc) is 2.72. The van der Waals surface area contributed by atoms with Crippen LogP contribution in [0.4, 0.5) is 0 Å². The summed E-state index contributed by atoms with van der Waals surface area (Å²) in [5, 5.41) is 14.1. The van der Waals surface area contributed by atoms with Gasteiger partial charge in [0.15, 0.2) is 0 Å². The van der Waals surface area contributed by atoms with Gasteiger partial charge in [0.2, 0.25) is 0 Å². The summed E-state index contributed by atoms with van der Waals surface area (Å²) in [5.41, 5.74) is 3.56. The molecular weight excluding hydrogens is 296 g/mol. The number of hydrogen-bond donors (Lipinski definition) is 1. The summed E-state index contributed by atoms with van der Waals surface area (Å²) in [6.07, 6.45) is 1.29. The summed E-state index contributed by atoms with van der Waals surface area (Å²) < 4.78 is 1.01. The number of halogens is 1. The van der Waals surface area contributed by atoms with Crippen LogP contribution in [0.1, 0.15) is 29.2 Å². The fraction of sp³-hybridized carbons (Fsp3) is 0.286. The number of rotatable bonds is 4. The monoisotopic (exact) mass is 310 g/mol. The van der Waals surface area contributed by atoms with Gasteiger partial charge in [0.1, 0.15) is 0 Å².